The lowest BCUT2D eigenvalue weighted by Crippen LogP contribution is -1.94. The quantitative estimate of drug-likeness (QED) is 0.312. The minimum atomic E-state index is -0.848. The van der Waals surface area contributed by atoms with Gasteiger partial charge in [-0.15, -0.1) is 0 Å². The van der Waals surface area contributed by atoms with Gasteiger partial charge < -0.3 is 4.57 Å². The lowest BCUT2D eigenvalue weighted by atomic mass is 10.1. The highest BCUT2D eigenvalue weighted by atomic mass is 35.5. The molecule has 1 nitrogen and oxygen atoms in total. The first kappa shape index (κ1) is 6.00. The molecule has 0 amide bonds. The Morgan fingerprint density at radius 3 is 1.88 bits per heavy atom. The highest BCUT2D eigenvalue weighted by molar-refractivity contribution is 6.30. The van der Waals surface area contributed by atoms with Gasteiger partial charge in [-0.05, 0) is 47.4 Å². The molecular formula is C24H16ClN. The molecule has 0 N–H and O–H groups in total. The molecule has 5 aromatic rings. The molecule has 0 unspecified atom stereocenters. The Balaban J connectivity index is 2.15. The van der Waals surface area contributed by atoms with Crippen LogP contribution in [0.4, 0.5) is 0 Å². The van der Waals surface area contributed by atoms with E-state index in [0.717, 1.165) is 4.57 Å². The summed E-state index contributed by atoms with van der Waals surface area (Å²) in [4.78, 5) is 0. The molecule has 0 fully saturated rings. The van der Waals surface area contributed by atoms with Crippen molar-refractivity contribution in [2.45, 2.75) is 0 Å². The molecule has 0 aliphatic rings. The van der Waals surface area contributed by atoms with E-state index in [2.05, 4.69) is 0 Å². The third kappa shape index (κ3) is 2.40. The molecule has 0 aliphatic carbocycles. The SMILES string of the molecule is [2H]c1c([2H])c(-c2c([2H])c([2H])c(Cl)c([2H])c2[2H])c([2H])c(-n2c3c([2H])c([2H])c([2H])c([2H])c3c3c([2H])c([2H])c([2H])c([2H])c32)c1[2H]. The second-order valence-corrected chi connectivity index (χ2v) is 5.57. The van der Waals surface area contributed by atoms with Crippen molar-refractivity contribution in [1.82, 2.24) is 4.57 Å². The Bertz CT molecular complexity index is 1960. The summed E-state index contributed by atoms with van der Waals surface area (Å²) in [7, 11) is 0. The van der Waals surface area contributed by atoms with Gasteiger partial charge in [0.1, 0.15) is 0 Å². The summed E-state index contributed by atoms with van der Waals surface area (Å²) < 4.78 is 136. The number of hydrogen-bond donors (Lipinski definition) is 0. The minimum absolute atomic E-state index is 0.333. The van der Waals surface area contributed by atoms with E-state index in [1.54, 1.807) is 0 Å². The number of benzene rings is 4. The molecule has 0 saturated carbocycles. The Morgan fingerprint density at radius 2 is 1.23 bits per heavy atom. The van der Waals surface area contributed by atoms with Crippen LogP contribution < -0.4 is 0 Å². The summed E-state index contributed by atoms with van der Waals surface area (Å²) in [5.41, 5.74) is -2.68. The second kappa shape index (κ2) is 6.05. The van der Waals surface area contributed by atoms with Crippen LogP contribution in [0.5, 0.6) is 0 Å². The van der Waals surface area contributed by atoms with E-state index in [1.807, 2.05) is 0 Å². The molecular weight excluding hydrogens is 338 g/mol. The van der Waals surface area contributed by atoms with Crippen molar-refractivity contribution in [2.24, 2.45) is 0 Å². The van der Waals surface area contributed by atoms with Gasteiger partial charge in [-0.3, -0.25) is 0 Å². The van der Waals surface area contributed by atoms with Crippen molar-refractivity contribution < 1.29 is 21.9 Å². The molecule has 2 heteroatoms. The van der Waals surface area contributed by atoms with Crippen molar-refractivity contribution in [3.8, 4) is 16.8 Å². The highest BCUT2D eigenvalue weighted by Gasteiger charge is 2.11. The topological polar surface area (TPSA) is 4.93 Å². The molecule has 1 heterocycles. The Hall–Kier alpha value is -3.03. The van der Waals surface area contributed by atoms with Gasteiger partial charge in [-0.2, -0.15) is 0 Å². The van der Waals surface area contributed by atoms with Crippen molar-refractivity contribution in [3.63, 3.8) is 0 Å². The van der Waals surface area contributed by atoms with Crippen LogP contribution >= 0.6 is 11.6 Å². The summed E-state index contributed by atoms with van der Waals surface area (Å²) in [5.74, 6) is 0. The van der Waals surface area contributed by atoms with E-state index >= 15 is 0 Å². The third-order valence-electron chi connectivity index (χ3n) is 3.71. The molecule has 1 aromatic heterocycles. The monoisotopic (exact) mass is 369 g/mol. The van der Waals surface area contributed by atoms with Gasteiger partial charge in [0, 0.05) is 21.5 Å². The fourth-order valence-corrected chi connectivity index (χ4v) is 2.73. The second-order valence-electron chi connectivity index (χ2n) is 5.20. The maximum atomic E-state index is 9.07. The third-order valence-corrected chi connectivity index (χ3v) is 3.90. The zero-order chi connectivity index (χ0) is 31.4. The number of hydrogen-bond acceptors (Lipinski definition) is 0. The first-order chi connectivity index (χ1) is 19.5. The van der Waals surface area contributed by atoms with Crippen LogP contribution in [-0.2, 0) is 0 Å². The lowest BCUT2D eigenvalue weighted by molar-refractivity contribution is 1.18. The maximum absolute atomic E-state index is 9.07. The zero-order valence-electron chi connectivity index (χ0n) is 28.8. The van der Waals surface area contributed by atoms with Gasteiger partial charge in [0.05, 0.1) is 33.0 Å². The summed E-state index contributed by atoms with van der Waals surface area (Å²) in [6.45, 7) is 0. The van der Waals surface area contributed by atoms with Crippen LogP contribution in [0.25, 0.3) is 38.6 Å². The molecule has 0 radical (unpaired) electrons. The Labute approximate surface area is 179 Å². The summed E-state index contributed by atoms with van der Waals surface area (Å²) >= 11 is 5.92. The fourth-order valence-electron chi connectivity index (χ4n) is 2.64. The number of halogens is 1. The standard InChI is InChI=1S/C24H16ClN/c25-19-14-12-17(13-15-19)18-6-5-7-20(16-18)26-23-10-3-1-8-21(23)22-9-2-4-11-24(22)26/h1-16H/i1D,2D,3D,4D,5D,6D,7D,8D,9D,10D,11D,12D,13D,14D,15D,16D. The number of fused-ring (bicyclic) bond motifs is 3. The van der Waals surface area contributed by atoms with Crippen LogP contribution in [0.1, 0.15) is 21.9 Å². The van der Waals surface area contributed by atoms with Crippen LogP contribution in [0.2, 0.25) is 5.02 Å². The molecule has 5 rings (SSSR count). The molecule has 0 saturated heterocycles. The van der Waals surface area contributed by atoms with E-state index in [0.29, 0.717) is 0 Å². The van der Waals surface area contributed by atoms with Crippen LogP contribution in [0.15, 0.2) is 96.7 Å². The molecule has 0 spiro atoms. The van der Waals surface area contributed by atoms with E-state index in [4.69, 9.17) is 33.5 Å². The zero-order valence-corrected chi connectivity index (χ0v) is 13.6. The van der Waals surface area contributed by atoms with Gasteiger partial charge in [0.2, 0.25) is 0 Å². The number of nitrogens with zero attached hydrogens (tertiary/aromatic N) is 1. The van der Waals surface area contributed by atoms with Gasteiger partial charge in [-0.25, -0.2) is 0 Å². The number of aromatic nitrogens is 1. The average molecular weight is 370 g/mol. The van der Waals surface area contributed by atoms with Gasteiger partial charge in [-0.1, -0.05) is 72.0 Å². The average Bonchev–Trinajstić information content (AvgIpc) is 3.31. The predicted octanol–water partition coefficient (Wildman–Crippen LogP) is 7.10. The van der Waals surface area contributed by atoms with Crippen molar-refractivity contribution >= 4 is 33.4 Å². The maximum Gasteiger partial charge on any atom is 0.0651 e. The number of para-hydroxylation sites is 2. The van der Waals surface area contributed by atoms with Gasteiger partial charge in [0.15, 0.2) is 0 Å². The molecule has 26 heavy (non-hydrogen) atoms. The molecule has 124 valence electrons. The Kier molecular flexibility index (Phi) is 1.40. The first-order valence-corrected chi connectivity index (χ1v) is 7.74. The van der Waals surface area contributed by atoms with E-state index in [9.17, 15) is 0 Å². The van der Waals surface area contributed by atoms with Gasteiger partial charge >= 0.3 is 0 Å². The van der Waals surface area contributed by atoms with Crippen LogP contribution in [0, 0.1) is 0 Å². The van der Waals surface area contributed by atoms with Crippen molar-refractivity contribution in [3.05, 3.63) is 102 Å². The molecule has 0 atom stereocenters. The summed E-state index contributed by atoms with van der Waals surface area (Å²) in [6, 6.07) is -11.8. The molecule has 4 aromatic carbocycles. The van der Waals surface area contributed by atoms with E-state index in [1.165, 1.54) is 0 Å². The van der Waals surface area contributed by atoms with E-state index in [-0.39, 0.29) is 10.8 Å². The minimum Gasteiger partial charge on any atom is -0.309 e. The van der Waals surface area contributed by atoms with Crippen molar-refractivity contribution in [2.75, 3.05) is 0 Å². The Morgan fingerprint density at radius 1 is 0.615 bits per heavy atom. The predicted molar refractivity (Wildman–Crippen MR) is 111 cm³/mol. The highest BCUT2D eigenvalue weighted by Crippen LogP contribution is 2.33. The van der Waals surface area contributed by atoms with Crippen LogP contribution in [0.3, 0.4) is 0 Å². The number of rotatable bonds is 2. The smallest absolute Gasteiger partial charge is 0.0651 e. The molecule has 0 aliphatic heterocycles. The fraction of sp³-hybridized carbons (Fsp3) is 0. The van der Waals surface area contributed by atoms with Crippen LogP contribution in [-0.4, -0.2) is 4.57 Å². The van der Waals surface area contributed by atoms with Crippen molar-refractivity contribution in [1.29, 1.82) is 0 Å². The first-order valence-electron chi connectivity index (χ1n) is 15.4. The summed E-state index contributed by atoms with van der Waals surface area (Å²) in [6.07, 6.45) is 0. The normalized spacial score (nSPS) is 19.9. The largest absolute Gasteiger partial charge is 0.309 e. The lowest BCUT2D eigenvalue weighted by Gasteiger charge is -2.10. The van der Waals surface area contributed by atoms with E-state index < -0.39 is 130 Å². The summed E-state index contributed by atoms with van der Waals surface area (Å²) in [5, 5.41) is -1.19. The van der Waals surface area contributed by atoms with Gasteiger partial charge in [0.25, 0.3) is 0 Å². The molecule has 0 bridgehead atoms.